The molecule has 0 aliphatic heterocycles. The number of nitrogens with one attached hydrogen (secondary N) is 1. The third kappa shape index (κ3) is 2.89. The number of thiocarbonyl (C=S) groups is 1. The van der Waals surface area contributed by atoms with E-state index >= 15 is 0 Å². The fraction of sp³-hybridized carbons (Fsp3) is 0.500. The van der Waals surface area contributed by atoms with Crippen molar-refractivity contribution in [2.75, 3.05) is 13.7 Å². The first-order chi connectivity index (χ1) is 7.56. The predicted molar refractivity (Wildman–Crippen MR) is 61.2 cm³/mol. The highest BCUT2D eigenvalue weighted by Gasteiger charge is 2.16. The van der Waals surface area contributed by atoms with Gasteiger partial charge in [0.1, 0.15) is 12.7 Å². The van der Waals surface area contributed by atoms with Crippen LogP contribution < -0.4 is 5.32 Å². The number of nitrogens with zero attached hydrogens (tertiary/aromatic N) is 3. The number of nitro groups is 1. The van der Waals surface area contributed by atoms with Gasteiger partial charge in [-0.1, -0.05) is 0 Å². The number of imidazole rings is 1. The molecule has 8 heteroatoms. The van der Waals surface area contributed by atoms with Crippen LogP contribution in [0.3, 0.4) is 0 Å². The molecule has 0 saturated heterocycles. The van der Waals surface area contributed by atoms with Crippen LogP contribution >= 0.6 is 12.2 Å². The number of hydrogen-bond donors (Lipinski definition) is 1. The number of hydrogen-bond acceptors (Lipinski definition) is 5. The summed E-state index contributed by atoms with van der Waals surface area (Å²) in [6.07, 6.45) is 1.24. The van der Waals surface area contributed by atoms with E-state index in [2.05, 4.69) is 10.3 Å². The minimum absolute atomic E-state index is 0.0253. The van der Waals surface area contributed by atoms with Gasteiger partial charge in [0.05, 0.1) is 13.7 Å². The number of ether oxygens (including phenoxy) is 1. The minimum Gasteiger partial charge on any atom is -0.474 e. The largest absolute Gasteiger partial charge is 0.474 e. The first-order valence-corrected chi connectivity index (χ1v) is 4.95. The van der Waals surface area contributed by atoms with Crippen LogP contribution in [0.1, 0.15) is 5.82 Å². The number of aryl methyl sites for hydroxylation is 1. The van der Waals surface area contributed by atoms with Crippen molar-refractivity contribution in [3.63, 3.8) is 0 Å². The summed E-state index contributed by atoms with van der Waals surface area (Å²) in [5.74, 6) is 0.569. The van der Waals surface area contributed by atoms with E-state index in [1.54, 1.807) is 6.92 Å². The standard InChI is InChI=1S/C8H12N4O3S/c1-6-10-5-7(12(13)14)11(6)4-3-9-8(16)15-2/h5H,3-4H2,1-2H3,(H,9,16). The van der Waals surface area contributed by atoms with E-state index in [-0.39, 0.29) is 11.0 Å². The Hall–Kier alpha value is -1.70. The summed E-state index contributed by atoms with van der Waals surface area (Å²) < 4.78 is 6.24. The molecule has 1 heterocycles. The van der Waals surface area contributed by atoms with Gasteiger partial charge in [-0.3, -0.25) is 0 Å². The zero-order valence-electron chi connectivity index (χ0n) is 8.97. The van der Waals surface area contributed by atoms with Gasteiger partial charge in [-0.15, -0.1) is 0 Å². The van der Waals surface area contributed by atoms with Crippen molar-refractivity contribution in [2.24, 2.45) is 0 Å². The van der Waals surface area contributed by atoms with E-state index in [9.17, 15) is 10.1 Å². The highest BCUT2D eigenvalue weighted by molar-refractivity contribution is 7.80. The molecule has 0 unspecified atom stereocenters. The van der Waals surface area contributed by atoms with Crippen molar-refractivity contribution in [1.29, 1.82) is 0 Å². The van der Waals surface area contributed by atoms with Crippen LogP contribution in [0, 0.1) is 17.0 Å². The van der Waals surface area contributed by atoms with Gasteiger partial charge in [0.25, 0.3) is 5.17 Å². The highest BCUT2D eigenvalue weighted by Crippen LogP contribution is 2.12. The van der Waals surface area contributed by atoms with Crippen molar-refractivity contribution in [2.45, 2.75) is 13.5 Å². The van der Waals surface area contributed by atoms with Crippen LogP contribution in [0.4, 0.5) is 5.82 Å². The van der Waals surface area contributed by atoms with Gasteiger partial charge in [-0.25, -0.2) is 9.55 Å². The van der Waals surface area contributed by atoms with Crippen molar-refractivity contribution in [3.8, 4) is 0 Å². The molecule has 0 aliphatic rings. The molecular weight excluding hydrogens is 232 g/mol. The van der Waals surface area contributed by atoms with E-state index in [1.165, 1.54) is 17.9 Å². The topological polar surface area (TPSA) is 82.2 Å². The zero-order valence-corrected chi connectivity index (χ0v) is 9.78. The van der Waals surface area contributed by atoms with E-state index in [0.717, 1.165) is 0 Å². The molecule has 0 aliphatic carbocycles. The van der Waals surface area contributed by atoms with Crippen LogP contribution in [-0.2, 0) is 11.3 Å². The molecule has 1 rings (SSSR count). The average Bonchev–Trinajstić information content (AvgIpc) is 2.60. The van der Waals surface area contributed by atoms with Crippen LogP contribution in [0.2, 0.25) is 0 Å². The quantitative estimate of drug-likeness (QED) is 0.475. The van der Waals surface area contributed by atoms with Crippen molar-refractivity contribution < 1.29 is 9.66 Å². The molecule has 16 heavy (non-hydrogen) atoms. The Morgan fingerprint density at radius 1 is 1.81 bits per heavy atom. The highest BCUT2D eigenvalue weighted by atomic mass is 32.1. The molecule has 0 atom stereocenters. The molecule has 0 aromatic carbocycles. The maximum atomic E-state index is 10.7. The normalized spacial score (nSPS) is 9.88. The summed E-state index contributed by atoms with van der Waals surface area (Å²) in [4.78, 5) is 14.1. The second-order valence-electron chi connectivity index (χ2n) is 2.99. The molecule has 1 aromatic rings. The van der Waals surface area contributed by atoms with Gasteiger partial charge in [0, 0.05) is 6.92 Å². The first kappa shape index (κ1) is 12.4. The third-order valence-corrected chi connectivity index (χ3v) is 2.32. The zero-order chi connectivity index (χ0) is 12.1. The molecule has 1 aromatic heterocycles. The lowest BCUT2D eigenvalue weighted by molar-refractivity contribution is -0.392. The molecule has 88 valence electrons. The summed E-state index contributed by atoms with van der Waals surface area (Å²) in [5, 5.41) is 13.7. The van der Waals surface area contributed by atoms with Crippen molar-refractivity contribution in [1.82, 2.24) is 14.9 Å². The number of aromatic nitrogens is 2. The van der Waals surface area contributed by atoms with E-state index < -0.39 is 4.92 Å². The SMILES string of the molecule is COC(=S)NCCn1c([N+](=O)[O-])cnc1C. The predicted octanol–water partition coefficient (Wildman–Crippen LogP) is 0.621. The monoisotopic (exact) mass is 244 g/mol. The Morgan fingerprint density at radius 2 is 2.50 bits per heavy atom. The average molecular weight is 244 g/mol. The summed E-state index contributed by atoms with van der Waals surface area (Å²) in [5.41, 5.74) is 0. The molecule has 0 spiro atoms. The van der Waals surface area contributed by atoms with Crippen molar-refractivity contribution in [3.05, 3.63) is 22.1 Å². The minimum atomic E-state index is -0.464. The Bertz CT molecular complexity index is 404. The fourth-order valence-electron chi connectivity index (χ4n) is 1.22. The lowest BCUT2D eigenvalue weighted by Crippen LogP contribution is -2.27. The molecule has 0 saturated carbocycles. The summed E-state index contributed by atoms with van der Waals surface area (Å²) in [6, 6.07) is 0. The number of rotatable bonds is 4. The maximum Gasteiger partial charge on any atom is 0.342 e. The van der Waals surface area contributed by atoms with Crippen LogP contribution in [0.5, 0.6) is 0 Å². The molecular formula is C8H12N4O3S. The fourth-order valence-corrected chi connectivity index (χ4v) is 1.32. The Morgan fingerprint density at radius 3 is 3.06 bits per heavy atom. The smallest absolute Gasteiger partial charge is 0.342 e. The maximum absolute atomic E-state index is 10.7. The summed E-state index contributed by atoms with van der Waals surface area (Å²) in [6.45, 7) is 2.57. The molecule has 0 bridgehead atoms. The van der Waals surface area contributed by atoms with E-state index in [4.69, 9.17) is 17.0 Å². The van der Waals surface area contributed by atoms with Gasteiger partial charge < -0.3 is 20.2 Å². The second kappa shape index (κ2) is 5.40. The van der Waals surface area contributed by atoms with Gasteiger partial charge in [0.15, 0.2) is 5.82 Å². The van der Waals surface area contributed by atoms with Crippen LogP contribution in [-0.4, -0.2) is 33.3 Å². The molecule has 7 nitrogen and oxygen atoms in total. The van der Waals surface area contributed by atoms with Crippen molar-refractivity contribution >= 4 is 23.2 Å². The molecule has 0 amide bonds. The Labute approximate surface area is 97.6 Å². The van der Waals surface area contributed by atoms with Gasteiger partial charge in [0.2, 0.25) is 0 Å². The van der Waals surface area contributed by atoms with Crippen LogP contribution in [0.15, 0.2) is 6.20 Å². The Balaban J connectivity index is 2.62. The van der Waals surface area contributed by atoms with Gasteiger partial charge >= 0.3 is 5.82 Å². The third-order valence-electron chi connectivity index (χ3n) is 2.01. The number of methoxy groups -OCH3 is 1. The molecule has 1 N–H and O–H groups in total. The lowest BCUT2D eigenvalue weighted by Gasteiger charge is -2.06. The second-order valence-corrected chi connectivity index (χ2v) is 3.36. The van der Waals surface area contributed by atoms with E-state index in [0.29, 0.717) is 18.9 Å². The van der Waals surface area contributed by atoms with Gasteiger partial charge in [-0.2, -0.15) is 0 Å². The first-order valence-electron chi connectivity index (χ1n) is 4.54. The molecule has 0 radical (unpaired) electrons. The van der Waals surface area contributed by atoms with Crippen LogP contribution in [0.25, 0.3) is 0 Å². The van der Waals surface area contributed by atoms with Gasteiger partial charge in [-0.05, 0) is 17.1 Å². The van der Waals surface area contributed by atoms with E-state index in [1.807, 2.05) is 0 Å². The summed E-state index contributed by atoms with van der Waals surface area (Å²) in [7, 11) is 1.46. The Kier molecular flexibility index (Phi) is 4.18. The summed E-state index contributed by atoms with van der Waals surface area (Å²) >= 11 is 4.78. The molecule has 0 fully saturated rings. The lowest BCUT2D eigenvalue weighted by atomic mass is 10.5.